The first-order valence-electron chi connectivity index (χ1n) is 8.95. The van der Waals surface area contributed by atoms with Crippen molar-refractivity contribution in [2.24, 2.45) is 0 Å². The van der Waals surface area contributed by atoms with Crippen molar-refractivity contribution >= 4 is 50.3 Å². The number of nitrogen functional groups attached to an aromatic ring is 1. The van der Waals surface area contributed by atoms with Crippen LogP contribution in [0.15, 0.2) is 41.0 Å². The van der Waals surface area contributed by atoms with Crippen molar-refractivity contribution in [3.63, 3.8) is 0 Å². The molecule has 28 heavy (non-hydrogen) atoms. The SMILES string of the molecule is Cc1ccc(NC(=O)C2CNCCN2c2nc(N)nc3ncc(Br)cc23)cc1. The van der Waals surface area contributed by atoms with Gasteiger partial charge in [0.25, 0.3) is 0 Å². The van der Waals surface area contributed by atoms with Gasteiger partial charge >= 0.3 is 0 Å². The van der Waals surface area contributed by atoms with E-state index < -0.39 is 6.04 Å². The molecule has 1 aliphatic rings. The van der Waals surface area contributed by atoms with E-state index in [1.807, 2.05) is 42.2 Å². The monoisotopic (exact) mass is 441 g/mol. The van der Waals surface area contributed by atoms with E-state index in [-0.39, 0.29) is 11.9 Å². The van der Waals surface area contributed by atoms with E-state index in [0.29, 0.717) is 24.6 Å². The molecule has 1 aromatic carbocycles. The zero-order valence-electron chi connectivity index (χ0n) is 15.3. The number of hydrogen-bond acceptors (Lipinski definition) is 7. The fraction of sp³-hybridized carbons (Fsp3) is 0.263. The standard InChI is InChI=1S/C19H20BrN7O/c1-11-2-4-13(5-3-11)24-18(28)15-10-22-6-7-27(15)17-14-8-12(20)9-23-16(14)25-19(21)26-17/h2-5,8-9,15,22H,6-7,10H2,1H3,(H,24,28)(H2,21,23,25,26). The predicted octanol–water partition coefficient (Wildman–Crippen LogP) is 2.09. The highest BCUT2D eigenvalue weighted by Crippen LogP contribution is 2.28. The number of pyridine rings is 1. The Hall–Kier alpha value is -2.78. The number of aromatic nitrogens is 3. The maximum atomic E-state index is 13.0. The molecule has 1 atom stereocenters. The smallest absolute Gasteiger partial charge is 0.248 e. The van der Waals surface area contributed by atoms with Gasteiger partial charge < -0.3 is 21.3 Å². The molecule has 1 unspecified atom stereocenters. The zero-order valence-corrected chi connectivity index (χ0v) is 16.9. The number of benzene rings is 1. The molecule has 4 rings (SSSR count). The van der Waals surface area contributed by atoms with Crippen LogP contribution in [0.1, 0.15) is 5.56 Å². The second-order valence-corrected chi connectivity index (χ2v) is 7.61. The van der Waals surface area contributed by atoms with Crippen LogP contribution in [0.25, 0.3) is 11.0 Å². The molecule has 0 aliphatic carbocycles. The third kappa shape index (κ3) is 3.76. The van der Waals surface area contributed by atoms with Gasteiger partial charge in [0.05, 0.1) is 5.39 Å². The molecular weight excluding hydrogens is 422 g/mol. The predicted molar refractivity (Wildman–Crippen MR) is 113 cm³/mol. The van der Waals surface area contributed by atoms with Crippen molar-refractivity contribution in [2.75, 3.05) is 35.6 Å². The largest absolute Gasteiger partial charge is 0.368 e. The first-order valence-corrected chi connectivity index (χ1v) is 9.74. The van der Waals surface area contributed by atoms with Crippen molar-refractivity contribution in [3.8, 4) is 0 Å². The van der Waals surface area contributed by atoms with Crippen LogP contribution in [0.5, 0.6) is 0 Å². The molecule has 9 heteroatoms. The number of hydrogen-bond donors (Lipinski definition) is 3. The Bertz CT molecular complexity index is 1020. The first-order chi connectivity index (χ1) is 13.5. The average molecular weight is 442 g/mol. The van der Waals surface area contributed by atoms with Crippen molar-refractivity contribution in [1.82, 2.24) is 20.3 Å². The number of piperazine rings is 1. The van der Waals surface area contributed by atoms with E-state index in [4.69, 9.17) is 5.73 Å². The van der Waals surface area contributed by atoms with Crippen LogP contribution in [0.2, 0.25) is 0 Å². The molecule has 4 N–H and O–H groups in total. The summed E-state index contributed by atoms with van der Waals surface area (Å²) in [7, 11) is 0. The summed E-state index contributed by atoms with van der Waals surface area (Å²) in [6, 6.07) is 9.18. The van der Waals surface area contributed by atoms with Gasteiger partial charge in [0.1, 0.15) is 11.9 Å². The summed E-state index contributed by atoms with van der Waals surface area (Å²) in [4.78, 5) is 28.0. The highest BCUT2D eigenvalue weighted by Gasteiger charge is 2.31. The van der Waals surface area contributed by atoms with Gasteiger partial charge in [0, 0.05) is 36.0 Å². The lowest BCUT2D eigenvalue weighted by molar-refractivity contribution is -0.117. The molecular formula is C19H20BrN7O. The lowest BCUT2D eigenvalue weighted by Gasteiger charge is -2.36. The number of rotatable bonds is 3. The number of amides is 1. The van der Waals surface area contributed by atoms with Gasteiger partial charge in [-0.25, -0.2) is 4.98 Å². The third-order valence-corrected chi connectivity index (χ3v) is 5.09. The van der Waals surface area contributed by atoms with Crippen LogP contribution >= 0.6 is 15.9 Å². The summed E-state index contributed by atoms with van der Waals surface area (Å²) in [5, 5.41) is 7.02. The van der Waals surface area contributed by atoms with Gasteiger partial charge in [-0.15, -0.1) is 0 Å². The molecule has 0 spiro atoms. The number of nitrogens with one attached hydrogen (secondary N) is 2. The zero-order chi connectivity index (χ0) is 19.7. The lowest BCUT2D eigenvalue weighted by atomic mass is 10.1. The van der Waals surface area contributed by atoms with E-state index >= 15 is 0 Å². The Morgan fingerprint density at radius 3 is 2.89 bits per heavy atom. The molecule has 1 aliphatic heterocycles. The van der Waals surface area contributed by atoms with Crippen molar-refractivity contribution in [3.05, 3.63) is 46.6 Å². The van der Waals surface area contributed by atoms with Crippen LogP contribution in [0.3, 0.4) is 0 Å². The Morgan fingerprint density at radius 1 is 1.32 bits per heavy atom. The fourth-order valence-electron chi connectivity index (χ4n) is 3.26. The van der Waals surface area contributed by atoms with Crippen molar-refractivity contribution in [2.45, 2.75) is 13.0 Å². The summed E-state index contributed by atoms with van der Waals surface area (Å²) < 4.78 is 0.811. The van der Waals surface area contributed by atoms with Gasteiger partial charge in [-0.1, -0.05) is 17.7 Å². The molecule has 3 aromatic rings. The Morgan fingerprint density at radius 2 is 2.11 bits per heavy atom. The summed E-state index contributed by atoms with van der Waals surface area (Å²) in [5.74, 6) is 0.639. The second-order valence-electron chi connectivity index (χ2n) is 6.70. The van der Waals surface area contributed by atoms with Gasteiger partial charge in [-0.05, 0) is 41.1 Å². The molecule has 1 saturated heterocycles. The molecule has 144 valence electrons. The maximum absolute atomic E-state index is 13.0. The minimum Gasteiger partial charge on any atom is -0.368 e. The van der Waals surface area contributed by atoms with Crippen LogP contribution in [0.4, 0.5) is 17.5 Å². The van der Waals surface area contributed by atoms with E-state index in [9.17, 15) is 4.79 Å². The lowest BCUT2D eigenvalue weighted by Crippen LogP contribution is -2.57. The number of carbonyl (C=O) groups excluding carboxylic acids is 1. The van der Waals surface area contributed by atoms with Crippen molar-refractivity contribution < 1.29 is 4.79 Å². The molecule has 0 saturated carbocycles. The Labute approximate surface area is 170 Å². The van der Waals surface area contributed by atoms with E-state index in [1.165, 1.54) is 0 Å². The number of carbonyl (C=O) groups is 1. The number of aryl methyl sites for hydroxylation is 1. The van der Waals surface area contributed by atoms with Gasteiger partial charge in [-0.3, -0.25) is 4.79 Å². The third-order valence-electron chi connectivity index (χ3n) is 4.65. The quantitative estimate of drug-likeness (QED) is 0.570. The number of nitrogens with two attached hydrogens (primary N) is 1. The molecule has 2 aromatic heterocycles. The Balaban J connectivity index is 1.69. The van der Waals surface area contributed by atoms with Gasteiger partial charge in [0.2, 0.25) is 11.9 Å². The molecule has 3 heterocycles. The summed E-state index contributed by atoms with van der Waals surface area (Å²) in [5.41, 5.74) is 8.31. The molecule has 8 nitrogen and oxygen atoms in total. The number of nitrogens with zero attached hydrogens (tertiary/aromatic N) is 4. The van der Waals surface area contributed by atoms with Crippen LogP contribution in [0, 0.1) is 6.92 Å². The molecule has 0 bridgehead atoms. The number of anilines is 3. The first kappa shape index (κ1) is 18.6. The minimum absolute atomic E-state index is 0.107. The van der Waals surface area contributed by atoms with Crippen molar-refractivity contribution in [1.29, 1.82) is 0 Å². The number of fused-ring (bicyclic) bond motifs is 1. The summed E-state index contributed by atoms with van der Waals surface area (Å²) in [6.07, 6.45) is 1.66. The highest BCUT2D eigenvalue weighted by atomic mass is 79.9. The molecule has 1 fully saturated rings. The van der Waals surface area contributed by atoms with Gasteiger partial charge in [-0.2, -0.15) is 9.97 Å². The normalized spacial score (nSPS) is 16.9. The fourth-order valence-corrected chi connectivity index (χ4v) is 3.59. The van der Waals surface area contributed by atoms with E-state index in [2.05, 4.69) is 41.5 Å². The topological polar surface area (TPSA) is 109 Å². The van der Waals surface area contributed by atoms with Gasteiger partial charge in [0.15, 0.2) is 5.65 Å². The number of halogens is 1. The van der Waals surface area contributed by atoms with E-state index in [0.717, 1.165) is 27.7 Å². The average Bonchev–Trinajstić information content (AvgIpc) is 2.69. The second kappa shape index (κ2) is 7.69. The molecule has 0 radical (unpaired) electrons. The minimum atomic E-state index is -0.438. The maximum Gasteiger partial charge on any atom is 0.248 e. The highest BCUT2D eigenvalue weighted by molar-refractivity contribution is 9.10. The van der Waals surface area contributed by atoms with Crippen LogP contribution in [-0.4, -0.2) is 46.5 Å². The molecule has 1 amide bonds. The summed E-state index contributed by atoms with van der Waals surface area (Å²) >= 11 is 3.44. The summed E-state index contributed by atoms with van der Waals surface area (Å²) in [6.45, 7) is 3.87. The Kier molecular flexibility index (Phi) is 5.10. The van der Waals surface area contributed by atoms with Crippen LogP contribution < -0.4 is 21.3 Å². The van der Waals surface area contributed by atoms with E-state index in [1.54, 1.807) is 6.20 Å². The van der Waals surface area contributed by atoms with Crippen LogP contribution in [-0.2, 0) is 4.79 Å².